The molecular weight excluding hydrogens is 460 g/mol. The number of halogens is 1. The highest BCUT2D eigenvalue weighted by Crippen LogP contribution is 2.65. The van der Waals surface area contributed by atoms with Crippen molar-refractivity contribution in [3.8, 4) is 5.75 Å². The van der Waals surface area contributed by atoms with Gasteiger partial charge in [-0.05, 0) is 64.6 Å². The Morgan fingerprint density at radius 3 is 2.31 bits per heavy atom. The molecule has 174 valence electrons. The van der Waals surface area contributed by atoms with E-state index in [1.54, 1.807) is 6.21 Å². The Hall–Kier alpha value is -3.44. The fourth-order valence-corrected chi connectivity index (χ4v) is 6.57. The first kappa shape index (κ1) is 20.9. The van der Waals surface area contributed by atoms with E-state index in [0.717, 1.165) is 33.3 Å². The first-order chi connectivity index (χ1) is 17.1. The van der Waals surface area contributed by atoms with Crippen LogP contribution in [0.3, 0.4) is 0 Å². The normalized spacial score (nSPS) is 30.3. The Morgan fingerprint density at radius 2 is 1.60 bits per heavy atom. The molecule has 35 heavy (non-hydrogen) atoms. The number of carbonyl (C=O) groups excluding carboxylic acids is 2. The van der Waals surface area contributed by atoms with Crippen LogP contribution in [0.1, 0.15) is 17.5 Å². The van der Waals surface area contributed by atoms with E-state index in [9.17, 15) is 9.59 Å². The van der Waals surface area contributed by atoms with E-state index in [2.05, 4.69) is 17.3 Å². The van der Waals surface area contributed by atoms with E-state index in [0.29, 0.717) is 29.2 Å². The van der Waals surface area contributed by atoms with Gasteiger partial charge < -0.3 is 4.74 Å². The van der Waals surface area contributed by atoms with Crippen LogP contribution in [0.15, 0.2) is 77.9 Å². The molecule has 2 amide bonds. The Bertz CT molecular complexity index is 1390. The molecule has 5 aliphatic rings. The number of ether oxygens (including phenoxy) is 1. The molecule has 0 radical (unpaired) electrons. The Labute approximate surface area is 208 Å². The molecule has 6 atom stereocenters. The minimum atomic E-state index is -0.258. The SMILES string of the molecule is O=C1[C@@H]2[C@H]3C=C[C@@H]([C@@H]4C[C@@H]34)[C@@H]2C(=O)N1/N=C\c1c(OCc2ccc(Cl)cc2)ccc2ccccc12. The lowest BCUT2D eigenvalue weighted by atomic mass is 9.63. The van der Waals surface area contributed by atoms with E-state index in [-0.39, 0.29) is 35.5 Å². The second-order valence-electron chi connectivity index (χ2n) is 10.0. The van der Waals surface area contributed by atoms with Crippen LogP contribution in [-0.2, 0) is 16.2 Å². The van der Waals surface area contributed by atoms with Gasteiger partial charge >= 0.3 is 0 Å². The molecule has 6 heteroatoms. The summed E-state index contributed by atoms with van der Waals surface area (Å²) in [5, 5.41) is 8.25. The van der Waals surface area contributed by atoms with Crippen LogP contribution < -0.4 is 4.74 Å². The van der Waals surface area contributed by atoms with Crippen molar-refractivity contribution >= 4 is 40.4 Å². The highest BCUT2D eigenvalue weighted by atomic mass is 35.5. The summed E-state index contributed by atoms with van der Waals surface area (Å²) in [6.07, 6.45) is 7.10. The lowest BCUT2D eigenvalue weighted by Crippen LogP contribution is -2.40. The van der Waals surface area contributed by atoms with Crippen molar-refractivity contribution in [2.45, 2.75) is 13.0 Å². The summed E-state index contributed by atoms with van der Waals surface area (Å²) >= 11 is 6.00. The largest absolute Gasteiger partial charge is 0.488 e. The number of nitrogens with zero attached hydrogens (tertiary/aromatic N) is 2. The highest BCUT2D eigenvalue weighted by Gasteiger charge is 2.67. The molecule has 0 aromatic heterocycles. The van der Waals surface area contributed by atoms with Crippen LogP contribution in [0.4, 0.5) is 0 Å². The Kier molecular flexibility index (Phi) is 4.65. The van der Waals surface area contributed by atoms with Crippen molar-refractivity contribution in [3.63, 3.8) is 0 Å². The van der Waals surface area contributed by atoms with Crippen LogP contribution >= 0.6 is 11.6 Å². The van der Waals surface area contributed by atoms with Gasteiger partial charge in [-0.3, -0.25) is 9.59 Å². The van der Waals surface area contributed by atoms with Gasteiger partial charge in [0, 0.05) is 10.6 Å². The Balaban J connectivity index is 1.21. The average molecular weight is 483 g/mol. The number of imide groups is 1. The lowest BCUT2D eigenvalue weighted by Gasteiger charge is -2.37. The monoisotopic (exact) mass is 482 g/mol. The van der Waals surface area contributed by atoms with Crippen LogP contribution in [0.2, 0.25) is 5.02 Å². The van der Waals surface area contributed by atoms with Crippen LogP contribution in [0, 0.1) is 35.5 Å². The predicted octanol–water partition coefficient (Wildman–Crippen LogP) is 5.46. The van der Waals surface area contributed by atoms with Gasteiger partial charge in [-0.25, -0.2) is 0 Å². The molecule has 3 aromatic rings. The van der Waals surface area contributed by atoms with Gasteiger partial charge in [0.15, 0.2) is 0 Å². The molecule has 3 fully saturated rings. The van der Waals surface area contributed by atoms with Crippen LogP contribution in [0.25, 0.3) is 10.8 Å². The molecule has 2 bridgehead atoms. The molecule has 0 spiro atoms. The maximum Gasteiger partial charge on any atom is 0.254 e. The molecule has 4 aliphatic carbocycles. The second-order valence-corrected chi connectivity index (χ2v) is 10.4. The van der Waals surface area contributed by atoms with Gasteiger partial charge in [-0.2, -0.15) is 10.1 Å². The number of hydrogen-bond acceptors (Lipinski definition) is 4. The van der Waals surface area contributed by atoms with Crippen LogP contribution in [-0.4, -0.2) is 23.0 Å². The first-order valence-corrected chi connectivity index (χ1v) is 12.5. The number of rotatable bonds is 5. The minimum Gasteiger partial charge on any atom is -0.488 e. The first-order valence-electron chi connectivity index (χ1n) is 12.1. The molecular formula is C29H23ClN2O3. The quantitative estimate of drug-likeness (QED) is 0.275. The maximum absolute atomic E-state index is 13.3. The third-order valence-corrected chi connectivity index (χ3v) is 8.43. The summed E-state index contributed by atoms with van der Waals surface area (Å²) in [5.41, 5.74) is 1.73. The van der Waals surface area contributed by atoms with Crippen molar-refractivity contribution in [3.05, 3.63) is 89.0 Å². The maximum atomic E-state index is 13.3. The summed E-state index contributed by atoms with van der Waals surface area (Å²) in [7, 11) is 0. The fourth-order valence-electron chi connectivity index (χ4n) is 6.45. The number of amides is 2. The summed E-state index contributed by atoms with van der Waals surface area (Å²) in [6, 6.07) is 19.4. The summed E-state index contributed by atoms with van der Waals surface area (Å²) < 4.78 is 6.17. The minimum absolute atomic E-state index is 0.162. The lowest BCUT2D eigenvalue weighted by molar-refractivity contribution is -0.140. The standard InChI is InChI=1S/C29H23ClN2O3/c30-18-8-5-16(6-9-18)15-35-25-12-7-17-3-1-2-4-19(17)24(25)14-31-32-28(33)26-20-10-11-21(23-13-22(20)23)27(26)29(32)34/h1-12,14,20-23,26-27H,13,15H2/b31-14-/t20-,21-,22-,23-,26-,27+/m0/s1. The molecule has 0 N–H and O–H groups in total. The summed E-state index contributed by atoms with van der Waals surface area (Å²) in [4.78, 5) is 26.7. The van der Waals surface area contributed by atoms with Gasteiger partial charge in [0.1, 0.15) is 12.4 Å². The molecule has 8 rings (SSSR count). The fraction of sp³-hybridized carbons (Fsp3) is 0.276. The van der Waals surface area contributed by atoms with Crippen molar-refractivity contribution in [1.29, 1.82) is 0 Å². The van der Waals surface area contributed by atoms with Gasteiger partial charge in [0.25, 0.3) is 11.8 Å². The van der Waals surface area contributed by atoms with Crippen molar-refractivity contribution in [2.75, 3.05) is 0 Å². The van der Waals surface area contributed by atoms with Crippen molar-refractivity contribution < 1.29 is 14.3 Å². The van der Waals surface area contributed by atoms with Crippen molar-refractivity contribution in [1.82, 2.24) is 5.01 Å². The highest BCUT2D eigenvalue weighted by molar-refractivity contribution is 6.30. The van der Waals surface area contributed by atoms with Gasteiger partial charge in [-0.1, -0.05) is 66.2 Å². The van der Waals surface area contributed by atoms with E-state index < -0.39 is 0 Å². The summed E-state index contributed by atoms with van der Waals surface area (Å²) in [6.45, 7) is 0.361. The van der Waals surface area contributed by atoms with E-state index >= 15 is 0 Å². The molecule has 2 saturated carbocycles. The average Bonchev–Trinajstić information content (AvgIpc) is 3.67. The number of allylic oxidation sites excluding steroid dienone is 2. The number of hydrogen-bond donors (Lipinski definition) is 0. The zero-order valence-corrected chi connectivity index (χ0v) is 19.6. The number of carbonyl (C=O) groups is 2. The topological polar surface area (TPSA) is 59.0 Å². The second kappa shape index (κ2) is 7.79. The third kappa shape index (κ3) is 3.25. The van der Waals surface area contributed by atoms with Gasteiger partial charge in [-0.15, -0.1) is 0 Å². The number of hydrazone groups is 1. The molecule has 1 saturated heterocycles. The smallest absolute Gasteiger partial charge is 0.254 e. The zero-order valence-electron chi connectivity index (χ0n) is 18.9. The van der Waals surface area contributed by atoms with Gasteiger partial charge in [0.2, 0.25) is 0 Å². The molecule has 1 aliphatic heterocycles. The third-order valence-electron chi connectivity index (χ3n) is 8.18. The molecule has 1 heterocycles. The van der Waals surface area contributed by atoms with Crippen LogP contribution in [0.5, 0.6) is 5.75 Å². The predicted molar refractivity (Wildman–Crippen MR) is 134 cm³/mol. The van der Waals surface area contributed by atoms with E-state index in [4.69, 9.17) is 16.3 Å². The molecule has 3 aromatic carbocycles. The molecule has 0 unspecified atom stereocenters. The number of fused-ring (bicyclic) bond motifs is 1. The van der Waals surface area contributed by atoms with Crippen molar-refractivity contribution in [2.24, 2.45) is 40.6 Å². The number of benzene rings is 3. The van der Waals surface area contributed by atoms with Gasteiger partial charge in [0.05, 0.1) is 18.1 Å². The summed E-state index contributed by atoms with van der Waals surface area (Å²) in [5.74, 6) is 1.30. The van der Waals surface area contributed by atoms with E-state index in [1.807, 2.05) is 60.7 Å². The zero-order chi connectivity index (χ0) is 23.7. The van der Waals surface area contributed by atoms with E-state index in [1.165, 1.54) is 0 Å². The molecule has 5 nitrogen and oxygen atoms in total. The Morgan fingerprint density at radius 1 is 0.914 bits per heavy atom.